The average molecular weight is 361 g/mol. The van der Waals surface area contributed by atoms with Crippen LogP contribution in [0.1, 0.15) is 0 Å². The van der Waals surface area contributed by atoms with E-state index in [1.807, 2.05) is 0 Å². The number of nitrogen functional groups attached to an aromatic ring is 1. The van der Waals surface area contributed by atoms with Crippen molar-refractivity contribution < 1.29 is 80.5 Å². The smallest absolute Gasteiger partial charge is 0.756 e. The number of aromatic amines is 1. The van der Waals surface area contributed by atoms with E-state index in [1.165, 1.54) is 10.9 Å². The second kappa shape index (κ2) is 9.84. The molecule has 0 radical (unpaired) electrons. The summed E-state index contributed by atoms with van der Waals surface area (Å²) >= 11 is 0. The van der Waals surface area contributed by atoms with Gasteiger partial charge in [0.15, 0.2) is 11.2 Å². The van der Waals surface area contributed by atoms with Crippen LogP contribution in [0.15, 0.2) is 11.1 Å². The molecule has 0 bridgehead atoms. The van der Waals surface area contributed by atoms with Crippen molar-refractivity contribution in [1.82, 2.24) is 19.5 Å². The Kier molecular flexibility index (Phi) is 9.76. The van der Waals surface area contributed by atoms with Gasteiger partial charge in [-0.1, -0.05) is 0 Å². The number of hydrogen-bond donors (Lipinski definition) is 5. The SMILES string of the molecule is Nc1nc2c(ncn2COCCO)c(=O)[nH]1.O=P([O-])(O)O.[K+]. The number of imidazole rings is 1. The monoisotopic (exact) mass is 361 g/mol. The molecule has 0 fully saturated rings. The number of nitrogens with one attached hydrogen (secondary N) is 1. The largest absolute Gasteiger partial charge is 1.00 e. The predicted octanol–water partition coefficient (Wildman–Crippen LogP) is -5.89. The standard InChI is InChI=1S/C8H11N5O3.K.H3O4P/c9-8-11-6-5(7(15)12-8)10-3-13(6)4-16-2-1-14;;1-5(2,3)4/h3,14H,1-2,4H2,(H3,9,11,12,15);;(H3,1,2,3,4)/q;+1;/p-1. The maximum absolute atomic E-state index is 11.4. The normalized spacial score (nSPS) is 10.7. The molecule has 0 unspecified atom stereocenters. The first-order valence-corrected chi connectivity index (χ1v) is 6.91. The van der Waals surface area contributed by atoms with E-state index >= 15 is 0 Å². The third kappa shape index (κ3) is 7.89. The van der Waals surface area contributed by atoms with E-state index in [2.05, 4.69) is 15.0 Å². The van der Waals surface area contributed by atoms with E-state index in [-0.39, 0.29) is 88.4 Å². The molecule has 12 nitrogen and oxygen atoms in total. The summed E-state index contributed by atoms with van der Waals surface area (Å²) in [7, 11) is -4.89. The molecule has 0 aliphatic heterocycles. The first-order valence-electron chi connectivity index (χ1n) is 5.38. The average Bonchev–Trinajstić information content (AvgIpc) is 2.71. The number of nitrogens with two attached hydrogens (primary N) is 1. The fourth-order valence-corrected chi connectivity index (χ4v) is 1.29. The number of aromatic nitrogens is 4. The summed E-state index contributed by atoms with van der Waals surface area (Å²) < 4.78 is 15.4. The Balaban J connectivity index is 0.000000644. The quantitative estimate of drug-likeness (QED) is 0.198. The van der Waals surface area contributed by atoms with Crippen LogP contribution in [0.2, 0.25) is 0 Å². The van der Waals surface area contributed by atoms with Gasteiger partial charge in [0.05, 0.1) is 19.5 Å². The molecular formula is C8H13KN5O7P. The number of phosphoric acid groups is 1. The zero-order valence-electron chi connectivity index (χ0n) is 11.5. The molecule has 14 heteroatoms. The van der Waals surface area contributed by atoms with Gasteiger partial charge < -0.3 is 30.3 Å². The Labute approximate surface area is 166 Å². The number of H-pyrrole nitrogens is 1. The third-order valence-electron chi connectivity index (χ3n) is 1.96. The molecule has 0 atom stereocenters. The van der Waals surface area contributed by atoms with Crippen molar-refractivity contribution in [3.63, 3.8) is 0 Å². The van der Waals surface area contributed by atoms with Crippen LogP contribution in [-0.4, -0.2) is 47.6 Å². The minimum Gasteiger partial charge on any atom is -0.756 e. The Hall–Kier alpha value is -0.184. The van der Waals surface area contributed by atoms with Crippen LogP contribution < -0.4 is 67.6 Å². The molecule has 2 heterocycles. The zero-order valence-corrected chi connectivity index (χ0v) is 15.6. The van der Waals surface area contributed by atoms with Crippen LogP contribution in [-0.2, 0) is 16.0 Å². The van der Waals surface area contributed by atoms with E-state index in [9.17, 15) is 4.79 Å². The van der Waals surface area contributed by atoms with Crippen LogP contribution in [0.3, 0.4) is 0 Å². The molecule has 0 amide bonds. The minimum atomic E-state index is -4.89. The van der Waals surface area contributed by atoms with Gasteiger partial charge in [0.2, 0.25) is 5.95 Å². The molecule has 2 aromatic heterocycles. The maximum atomic E-state index is 11.4. The van der Waals surface area contributed by atoms with Gasteiger partial charge >= 0.3 is 51.4 Å². The summed E-state index contributed by atoms with van der Waals surface area (Å²) in [6.45, 7) is 0.300. The summed E-state index contributed by atoms with van der Waals surface area (Å²) in [5, 5.41) is 8.56. The molecule has 0 aliphatic carbocycles. The van der Waals surface area contributed by atoms with Crippen molar-refractivity contribution in [2.45, 2.75) is 6.73 Å². The summed E-state index contributed by atoms with van der Waals surface area (Å²) in [6, 6.07) is 0. The second-order valence-corrected chi connectivity index (χ2v) is 4.57. The molecule has 0 saturated carbocycles. The molecule has 118 valence electrons. The number of rotatable bonds is 4. The van der Waals surface area contributed by atoms with Gasteiger partial charge in [-0.2, -0.15) is 4.98 Å². The molecule has 0 aliphatic rings. The zero-order chi connectivity index (χ0) is 16.0. The van der Waals surface area contributed by atoms with Crippen LogP contribution in [0.4, 0.5) is 5.95 Å². The summed E-state index contributed by atoms with van der Waals surface area (Å²) in [5.74, 6) is 0.0291. The van der Waals surface area contributed by atoms with E-state index < -0.39 is 7.82 Å². The number of nitrogens with zero attached hydrogens (tertiary/aromatic N) is 3. The van der Waals surface area contributed by atoms with Crippen molar-refractivity contribution in [2.24, 2.45) is 0 Å². The number of aliphatic hydroxyl groups excluding tert-OH is 1. The summed E-state index contributed by atoms with van der Waals surface area (Å²) in [6.07, 6.45) is 1.43. The van der Waals surface area contributed by atoms with Crippen molar-refractivity contribution in [1.29, 1.82) is 0 Å². The molecular weight excluding hydrogens is 348 g/mol. The Bertz CT molecular complexity index is 689. The third-order valence-corrected chi connectivity index (χ3v) is 1.96. The number of anilines is 1. The fraction of sp³-hybridized carbons (Fsp3) is 0.375. The van der Waals surface area contributed by atoms with E-state index in [0.29, 0.717) is 5.65 Å². The van der Waals surface area contributed by atoms with Gasteiger partial charge in [-0.15, -0.1) is 0 Å². The Morgan fingerprint density at radius 3 is 2.64 bits per heavy atom. The molecule has 0 saturated heterocycles. The first-order chi connectivity index (χ1) is 9.72. The number of aliphatic hydroxyl groups is 1. The fourth-order valence-electron chi connectivity index (χ4n) is 1.29. The molecule has 2 aromatic rings. The Morgan fingerprint density at radius 1 is 1.50 bits per heavy atom. The first kappa shape index (κ1) is 21.8. The van der Waals surface area contributed by atoms with Crippen molar-refractivity contribution in [3.8, 4) is 0 Å². The molecule has 0 aromatic carbocycles. The molecule has 2 rings (SSSR count). The van der Waals surface area contributed by atoms with Crippen molar-refractivity contribution in [3.05, 3.63) is 16.7 Å². The van der Waals surface area contributed by atoms with E-state index in [1.54, 1.807) is 0 Å². The van der Waals surface area contributed by atoms with Crippen molar-refractivity contribution >= 4 is 24.9 Å². The molecule has 6 N–H and O–H groups in total. The second-order valence-electron chi connectivity index (χ2n) is 3.59. The topological polar surface area (TPSA) is 200 Å². The summed E-state index contributed by atoms with van der Waals surface area (Å²) in [4.78, 5) is 44.5. The van der Waals surface area contributed by atoms with Gasteiger partial charge in [-0.25, -0.2) is 4.98 Å². The maximum Gasteiger partial charge on any atom is 1.00 e. The molecule has 22 heavy (non-hydrogen) atoms. The van der Waals surface area contributed by atoms with Gasteiger partial charge in [-0.3, -0.25) is 18.9 Å². The predicted molar refractivity (Wildman–Crippen MR) is 67.6 cm³/mol. The van der Waals surface area contributed by atoms with Gasteiger partial charge in [0.1, 0.15) is 6.73 Å². The van der Waals surface area contributed by atoms with Crippen LogP contribution >= 0.6 is 7.82 Å². The number of fused-ring (bicyclic) bond motifs is 1. The van der Waals surface area contributed by atoms with Crippen LogP contribution in [0.25, 0.3) is 11.2 Å². The summed E-state index contributed by atoms with van der Waals surface area (Å²) in [5.41, 5.74) is 5.60. The molecule has 0 spiro atoms. The van der Waals surface area contributed by atoms with E-state index in [4.69, 9.17) is 34.8 Å². The van der Waals surface area contributed by atoms with Gasteiger partial charge in [-0.05, 0) is 0 Å². The van der Waals surface area contributed by atoms with Crippen molar-refractivity contribution in [2.75, 3.05) is 18.9 Å². The minimum absolute atomic E-state index is 0. The Morgan fingerprint density at radius 2 is 2.09 bits per heavy atom. The van der Waals surface area contributed by atoms with Gasteiger partial charge in [0, 0.05) is 0 Å². The van der Waals surface area contributed by atoms with Crippen LogP contribution in [0, 0.1) is 0 Å². The van der Waals surface area contributed by atoms with Crippen LogP contribution in [0.5, 0.6) is 0 Å². The number of ether oxygens (including phenoxy) is 1. The van der Waals surface area contributed by atoms with Gasteiger partial charge in [0.25, 0.3) is 13.4 Å². The number of hydrogen-bond acceptors (Lipinski definition) is 8. The van der Waals surface area contributed by atoms with E-state index in [0.717, 1.165) is 0 Å².